The van der Waals surface area contributed by atoms with Crippen molar-refractivity contribution >= 4 is 11.3 Å². The second-order valence-electron chi connectivity index (χ2n) is 7.05. The predicted molar refractivity (Wildman–Crippen MR) is 88.5 cm³/mol. The molecule has 1 N–H and O–H groups in total. The number of nitrogens with one attached hydrogen (secondary N) is 1. The molecule has 1 nitrogen and oxygen atoms in total. The van der Waals surface area contributed by atoms with E-state index in [0.29, 0.717) is 5.41 Å². The topological polar surface area (TPSA) is 12.0 Å². The fourth-order valence-electron chi connectivity index (χ4n) is 3.76. The van der Waals surface area contributed by atoms with Gasteiger partial charge in [0, 0.05) is 15.8 Å². The van der Waals surface area contributed by atoms with E-state index in [-0.39, 0.29) is 0 Å². The third kappa shape index (κ3) is 4.08. The molecule has 1 aromatic heterocycles. The van der Waals surface area contributed by atoms with Crippen LogP contribution >= 0.6 is 11.3 Å². The van der Waals surface area contributed by atoms with Gasteiger partial charge < -0.3 is 5.32 Å². The van der Waals surface area contributed by atoms with Crippen molar-refractivity contribution in [2.24, 2.45) is 5.41 Å². The fraction of sp³-hybridized carbons (Fsp3) is 0.778. The Labute approximate surface area is 128 Å². The lowest BCUT2D eigenvalue weighted by Crippen LogP contribution is -2.30. The average molecular weight is 292 g/mol. The molecule has 1 aromatic rings. The maximum Gasteiger partial charge on any atom is 0.00682 e. The lowest BCUT2D eigenvalue weighted by atomic mass is 9.69. The van der Waals surface area contributed by atoms with Crippen LogP contribution < -0.4 is 5.32 Å². The maximum atomic E-state index is 3.73. The van der Waals surface area contributed by atoms with Gasteiger partial charge in [-0.15, -0.1) is 11.3 Å². The second-order valence-corrected chi connectivity index (χ2v) is 8.42. The number of rotatable bonds is 7. The summed E-state index contributed by atoms with van der Waals surface area (Å²) in [4.78, 5) is 3.07. The Kier molecular flexibility index (Phi) is 4.83. The molecule has 3 rings (SSSR count). The third-order valence-electron chi connectivity index (χ3n) is 5.28. The van der Waals surface area contributed by atoms with Crippen molar-refractivity contribution in [2.75, 3.05) is 6.54 Å². The highest BCUT2D eigenvalue weighted by molar-refractivity contribution is 7.11. The zero-order valence-corrected chi connectivity index (χ0v) is 13.7. The first-order valence-electron chi connectivity index (χ1n) is 8.55. The monoisotopic (exact) mass is 291 g/mol. The molecule has 1 heterocycles. The normalized spacial score (nSPS) is 22.1. The molecular weight excluding hydrogens is 262 g/mol. The smallest absolute Gasteiger partial charge is 0.00682 e. The minimum atomic E-state index is 0.651. The molecule has 2 fully saturated rings. The van der Waals surface area contributed by atoms with Crippen LogP contribution in [0.3, 0.4) is 0 Å². The zero-order chi connectivity index (χ0) is 13.8. The van der Waals surface area contributed by atoms with Crippen molar-refractivity contribution < 1.29 is 0 Å². The van der Waals surface area contributed by atoms with E-state index in [0.717, 1.165) is 6.04 Å². The molecule has 0 aliphatic heterocycles. The number of hydrogen-bond acceptors (Lipinski definition) is 2. The Hall–Kier alpha value is -0.340. The van der Waals surface area contributed by atoms with Crippen molar-refractivity contribution in [3.05, 3.63) is 21.9 Å². The molecule has 0 aromatic carbocycles. The number of aryl methyl sites for hydroxylation is 2. The van der Waals surface area contributed by atoms with Crippen molar-refractivity contribution in [2.45, 2.75) is 77.2 Å². The highest BCUT2D eigenvalue weighted by Gasteiger charge is 2.32. The first kappa shape index (κ1) is 14.6. The molecule has 2 saturated carbocycles. The molecule has 0 radical (unpaired) electrons. The SMILES string of the molecule is Cc1ccc(CCC2(CCNC3CC3)CCCCC2)s1. The van der Waals surface area contributed by atoms with Gasteiger partial charge in [-0.1, -0.05) is 19.3 Å². The van der Waals surface area contributed by atoms with Gasteiger partial charge in [0.1, 0.15) is 0 Å². The van der Waals surface area contributed by atoms with Gasteiger partial charge >= 0.3 is 0 Å². The Morgan fingerprint density at radius 3 is 2.60 bits per heavy atom. The van der Waals surface area contributed by atoms with Crippen LogP contribution in [0, 0.1) is 12.3 Å². The largest absolute Gasteiger partial charge is 0.314 e. The minimum Gasteiger partial charge on any atom is -0.314 e. The summed E-state index contributed by atoms with van der Waals surface area (Å²) in [7, 11) is 0. The fourth-order valence-corrected chi connectivity index (χ4v) is 4.65. The summed E-state index contributed by atoms with van der Waals surface area (Å²) in [5.74, 6) is 0. The van der Waals surface area contributed by atoms with Gasteiger partial charge in [0.25, 0.3) is 0 Å². The van der Waals surface area contributed by atoms with Gasteiger partial charge in [0.2, 0.25) is 0 Å². The molecule has 0 bridgehead atoms. The Bertz CT molecular complexity index is 413. The third-order valence-corrected chi connectivity index (χ3v) is 6.34. The van der Waals surface area contributed by atoms with E-state index in [1.54, 1.807) is 4.88 Å². The highest BCUT2D eigenvalue weighted by Crippen LogP contribution is 2.43. The average Bonchev–Trinajstić information content (AvgIpc) is 3.19. The van der Waals surface area contributed by atoms with Crippen LogP contribution in [-0.4, -0.2) is 12.6 Å². The summed E-state index contributed by atoms with van der Waals surface area (Å²) in [6.07, 6.45) is 14.3. The van der Waals surface area contributed by atoms with Crippen LogP contribution in [0.2, 0.25) is 0 Å². The van der Waals surface area contributed by atoms with E-state index in [1.807, 2.05) is 11.3 Å². The van der Waals surface area contributed by atoms with E-state index in [1.165, 1.54) is 75.6 Å². The Balaban J connectivity index is 1.52. The zero-order valence-electron chi connectivity index (χ0n) is 12.9. The van der Waals surface area contributed by atoms with E-state index < -0.39 is 0 Å². The molecule has 20 heavy (non-hydrogen) atoms. The van der Waals surface area contributed by atoms with E-state index in [2.05, 4.69) is 24.4 Å². The van der Waals surface area contributed by atoms with E-state index in [9.17, 15) is 0 Å². The molecule has 0 spiro atoms. The van der Waals surface area contributed by atoms with Gasteiger partial charge in [0.15, 0.2) is 0 Å². The molecule has 2 aliphatic carbocycles. The first-order chi connectivity index (χ1) is 9.76. The molecule has 0 atom stereocenters. The van der Waals surface area contributed by atoms with Crippen LogP contribution in [0.1, 0.15) is 67.5 Å². The highest BCUT2D eigenvalue weighted by atomic mass is 32.1. The molecule has 2 aliphatic rings. The number of thiophene rings is 1. The lowest BCUT2D eigenvalue weighted by molar-refractivity contribution is 0.157. The van der Waals surface area contributed by atoms with Gasteiger partial charge in [-0.3, -0.25) is 0 Å². The first-order valence-corrected chi connectivity index (χ1v) is 9.36. The van der Waals surface area contributed by atoms with Gasteiger partial charge in [0.05, 0.1) is 0 Å². The van der Waals surface area contributed by atoms with Crippen molar-refractivity contribution in [3.8, 4) is 0 Å². The molecule has 0 unspecified atom stereocenters. The standard InChI is InChI=1S/C18H29NS/c1-15-5-8-17(20-15)9-12-18(10-3-2-4-11-18)13-14-19-16-6-7-16/h5,8,16,19H,2-4,6-7,9-14H2,1H3. The van der Waals surface area contributed by atoms with E-state index in [4.69, 9.17) is 0 Å². The summed E-state index contributed by atoms with van der Waals surface area (Å²) in [5, 5.41) is 3.73. The molecule has 0 saturated heterocycles. The predicted octanol–water partition coefficient (Wildman–Crippen LogP) is 5.08. The molecule has 2 heteroatoms. The van der Waals surface area contributed by atoms with Gasteiger partial charge in [-0.25, -0.2) is 0 Å². The Morgan fingerprint density at radius 2 is 1.95 bits per heavy atom. The van der Waals surface area contributed by atoms with E-state index >= 15 is 0 Å². The number of hydrogen-bond donors (Lipinski definition) is 1. The lowest BCUT2D eigenvalue weighted by Gasteiger charge is -2.38. The van der Waals surface area contributed by atoms with Gasteiger partial charge in [-0.2, -0.15) is 0 Å². The van der Waals surface area contributed by atoms with Crippen LogP contribution in [0.15, 0.2) is 12.1 Å². The summed E-state index contributed by atoms with van der Waals surface area (Å²) < 4.78 is 0. The Morgan fingerprint density at radius 1 is 1.15 bits per heavy atom. The van der Waals surface area contributed by atoms with Crippen molar-refractivity contribution in [1.29, 1.82) is 0 Å². The second kappa shape index (κ2) is 6.62. The van der Waals surface area contributed by atoms with Gasteiger partial charge in [-0.05, 0) is 76.0 Å². The summed E-state index contributed by atoms with van der Waals surface area (Å²) in [6.45, 7) is 3.48. The van der Waals surface area contributed by atoms with Crippen LogP contribution in [-0.2, 0) is 6.42 Å². The molecule has 0 amide bonds. The summed E-state index contributed by atoms with van der Waals surface area (Å²) in [6, 6.07) is 5.50. The quantitative estimate of drug-likeness (QED) is 0.738. The minimum absolute atomic E-state index is 0.651. The summed E-state index contributed by atoms with van der Waals surface area (Å²) >= 11 is 2.00. The molecular formula is C18H29NS. The molecule has 112 valence electrons. The van der Waals surface area contributed by atoms with Crippen LogP contribution in [0.4, 0.5) is 0 Å². The maximum absolute atomic E-state index is 3.73. The van der Waals surface area contributed by atoms with Crippen molar-refractivity contribution in [1.82, 2.24) is 5.32 Å². The van der Waals surface area contributed by atoms with Crippen LogP contribution in [0.25, 0.3) is 0 Å². The summed E-state index contributed by atoms with van der Waals surface area (Å²) in [5.41, 5.74) is 0.651. The van der Waals surface area contributed by atoms with Crippen LogP contribution in [0.5, 0.6) is 0 Å². The van der Waals surface area contributed by atoms with Crippen molar-refractivity contribution in [3.63, 3.8) is 0 Å².